The maximum absolute atomic E-state index is 13.1. The quantitative estimate of drug-likeness (QED) is 0.693. The lowest BCUT2D eigenvalue weighted by Gasteiger charge is -2.23. The minimum absolute atomic E-state index is 0.287. The van der Waals surface area contributed by atoms with E-state index >= 15 is 0 Å². The molecule has 3 rings (SSSR count). The zero-order chi connectivity index (χ0) is 23.0. The molecule has 0 unspecified atom stereocenters. The van der Waals surface area contributed by atoms with E-state index in [0.29, 0.717) is 10.5 Å². The van der Waals surface area contributed by atoms with Gasteiger partial charge in [-0.25, -0.2) is 4.79 Å². The Hall–Kier alpha value is -3.36. The van der Waals surface area contributed by atoms with Crippen molar-refractivity contribution >= 4 is 23.5 Å². The summed E-state index contributed by atoms with van der Waals surface area (Å²) in [6, 6.07) is 10.9. The number of imide groups is 1. The first-order valence-corrected chi connectivity index (χ1v) is 9.64. The molecule has 9 heteroatoms. The topological polar surface area (TPSA) is 78.5 Å². The van der Waals surface area contributed by atoms with Crippen molar-refractivity contribution in [2.24, 2.45) is 0 Å². The van der Waals surface area contributed by atoms with Crippen LogP contribution in [0, 0.1) is 0 Å². The monoisotopic (exact) mass is 433 g/mol. The molecule has 0 spiro atoms. The minimum Gasteiger partial charge on any atom is -0.324 e. The van der Waals surface area contributed by atoms with E-state index in [1.165, 1.54) is 19.1 Å². The highest BCUT2D eigenvalue weighted by atomic mass is 19.4. The van der Waals surface area contributed by atoms with Crippen LogP contribution in [0.5, 0.6) is 0 Å². The van der Waals surface area contributed by atoms with Gasteiger partial charge in [0.05, 0.1) is 11.3 Å². The van der Waals surface area contributed by atoms with Crippen LogP contribution in [0.25, 0.3) is 0 Å². The van der Waals surface area contributed by atoms with Crippen molar-refractivity contribution in [1.82, 2.24) is 10.2 Å². The molecule has 164 valence electrons. The zero-order valence-corrected chi connectivity index (χ0v) is 17.2. The summed E-state index contributed by atoms with van der Waals surface area (Å²) in [6.07, 6.45) is -4.66. The Kier molecular flexibility index (Phi) is 5.80. The number of para-hydroxylation sites is 1. The van der Waals surface area contributed by atoms with E-state index in [1.807, 2.05) is 26.0 Å². The standard InChI is InChI=1S/C22H22F3N3O3/c1-13(2)14-8-10-15(11-9-14)21(3)19(30)28(20(31)27-21)12-18(29)26-17-7-5-4-6-16(17)22(23,24)25/h4-11,13H,12H2,1-3H3,(H,26,29)(H,27,31)/t21-/m1/s1. The Balaban J connectivity index is 1.77. The summed E-state index contributed by atoms with van der Waals surface area (Å²) in [5.74, 6) is -1.29. The SMILES string of the molecule is CC(C)c1ccc([C@@]2(C)NC(=O)N(CC(=O)Nc3ccccc3C(F)(F)F)C2=O)cc1. The number of benzene rings is 2. The van der Waals surface area contributed by atoms with Crippen molar-refractivity contribution in [3.8, 4) is 0 Å². The molecule has 2 aromatic rings. The summed E-state index contributed by atoms with van der Waals surface area (Å²) >= 11 is 0. The molecule has 0 aliphatic carbocycles. The van der Waals surface area contributed by atoms with Crippen LogP contribution < -0.4 is 10.6 Å². The summed E-state index contributed by atoms with van der Waals surface area (Å²) < 4.78 is 39.3. The molecule has 1 heterocycles. The molecule has 1 aliphatic rings. The summed E-state index contributed by atoms with van der Waals surface area (Å²) in [5.41, 5.74) is -1.24. The zero-order valence-electron chi connectivity index (χ0n) is 17.2. The molecule has 0 bridgehead atoms. The van der Waals surface area contributed by atoms with E-state index in [1.54, 1.807) is 12.1 Å². The van der Waals surface area contributed by atoms with Crippen molar-refractivity contribution in [1.29, 1.82) is 0 Å². The fraction of sp³-hybridized carbons (Fsp3) is 0.318. The van der Waals surface area contributed by atoms with Gasteiger partial charge < -0.3 is 10.6 Å². The molecule has 2 N–H and O–H groups in total. The summed E-state index contributed by atoms with van der Waals surface area (Å²) in [6.45, 7) is 4.86. The van der Waals surface area contributed by atoms with Gasteiger partial charge in [0.1, 0.15) is 12.1 Å². The number of alkyl halides is 3. The van der Waals surface area contributed by atoms with Crippen LogP contribution in [0.4, 0.5) is 23.7 Å². The molecule has 2 aromatic carbocycles. The van der Waals surface area contributed by atoms with Crippen LogP contribution in [0.1, 0.15) is 43.4 Å². The molecule has 1 aliphatic heterocycles. The van der Waals surface area contributed by atoms with Gasteiger partial charge >= 0.3 is 12.2 Å². The Bertz CT molecular complexity index is 1020. The molecule has 31 heavy (non-hydrogen) atoms. The Morgan fingerprint density at radius 2 is 1.71 bits per heavy atom. The number of carbonyl (C=O) groups is 3. The second-order valence-electron chi connectivity index (χ2n) is 7.81. The first-order chi connectivity index (χ1) is 14.4. The van der Waals surface area contributed by atoms with Gasteiger partial charge in [-0.2, -0.15) is 13.2 Å². The number of nitrogens with zero attached hydrogens (tertiary/aromatic N) is 1. The molecule has 1 atom stereocenters. The fourth-order valence-electron chi connectivity index (χ4n) is 3.41. The lowest BCUT2D eigenvalue weighted by molar-refractivity contribution is -0.137. The first kappa shape index (κ1) is 22.3. The fourth-order valence-corrected chi connectivity index (χ4v) is 3.41. The molecular formula is C22H22F3N3O3. The third kappa shape index (κ3) is 4.40. The molecule has 1 fully saturated rings. The van der Waals surface area contributed by atoms with Gasteiger partial charge in [0.25, 0.3) is 5.91 Å². The van der Waals surface area contributed by atoms with Gasteiger partial charge in [-0.05, 0) is 36.1 Å². The summed E-state index contributed by atoms with van der Waals surface area (Å²) in [7, 11) is 0. The molecule has 0 aromatic heterocycles. The number of amides is 4. The molecular weight excluding hydrogens is 411 g/mol. The van der Waals surface area contributed by atoms with E-state index in [9.17, 15) is 27.6 Å². The van der Waals surface area contributed by atoms with Gasteiger partial charge in [0, 0.05) is 0 Å². The summed E-state index contributed by atoms with van der Waals surface area (Å²) in [5, 5.41) is 4.72. The van der Waals surface area contributed by atoms with Crippen LogP contribution in [0.2, 0.25) is 0 Å². The average molecular weight is 433 g/mol. The second kappa shape index (κ2) is 8.05. The Morgan fingerprint density at radius 1 is 1.10 bits per heavy atom. The van der Waals surface area contributed by atoms with Crippen LogP contribution in [-0.2, 0) is 21.3 Å². The highest BCUT2D eigenvalue weighted by molar-refractivity contribution is 6.10. The van der Waals surface area contributed by atoms with E-state index in [4.69, 9.17) is 0 Å². The van der Waals surface area contributed by atoms with E-state index < -0.39 is 47.4 Å². The predicted octanol–water partition coefficient (Wildman–Crippen LogP) is 4.23. The smallest absolute Gasteiger partial charge is 0.324 e. The van der Waals surface area contributed by atoms with Crippen LogP contribution in [-0.4, -0.2) is 29.3 Å². The number of hydrogen-bond acceptors (Lipinski definition) is 3. The van der Waals surface area contributed by atoms with Crippen molar-refractivity contribution < 1.29 is 27.6 Å². The minimum atomic E-state index is -4.66. The van der Waals surface area contributed by atoms with Crippen molar-refractivity contribution in [3.05, 3.63) is 65.2 Å². The van der Waals surface area contributed by atoms with Gasteiger partial charge in [0.15, 0.2) is 0 Å². The van der Waals surface area contributed by atoms with Gasteiger partial charge in [-0.1, -0.05) is 50.2 Å². The van der Waals surface area contributed by atoms with Crippen LogP contribution >= 0.6 is 0 Å². The molecule has 4 amide bonds. The van der Waals surface area contributed by atoms with Crippen LogP contribution in [0.15, 0.2) is 48.5 Å². The number of anilines is 1. The highest BCUT2D eigenvalue weighted by Gasteiger charge is 2.49. The third-order valence-corrected chi connectivity index (χ3v) is 5.24. The predicted molar refractivity (Wildman–Crippen MR) is 108 cm³/mol. The lowest BCUT2D eigenvalue weighted by atomic mass is 9.90. The van der Waals surface area contributed by atoms with Crippen molar-refractivity contribution in [2.45, 2.75) is 38.4 Å². The maximum Gasteiger partial charge on any atom is 0.418 e. The number of halogens is 3. The Morgan fingerprint density at radius 3 is 2.29 bits per heavy atom. The molecule has 0 radical (unpaired) electrons. The molecule has 1 saturated heterocycles. The van der Waals surface area contributed by atoms with Crippen molar-refractivity contribution in [2.75, 3.05) is 11.9 Å². The molecule has 0 saturated carbocycles. The third-order valence-electron chi connectivity index (χ3n) is 5.24. The number of urea groups is 1. The van der Waals surface area contributed by atoms with E-state index in [-0.39, 0.29) is 5.92 Å². The normalized spacial score (nSPS) is 19.0. The second-order valence-corrected chi connectivity index (χ2v) is 7.81. The summed E-state index contributed by atoms with van der Waals surface area (Å²) in [4.78, 5) is 38.4. The van der Waals surface area contributed by atoms with E-state index in [2.05, 4.69) is 10.6 Å². The van der Waals surface area contributed by atoms with Gasteiger partial charge in [0.2, 0.25) is 5.91 Å². The number of carbonyl (C=O) groups excluding carboxylic acids is 3. The number of nitrogens with one attached hydrogen (secondary N) is 2. The van der Waals surface area contributed by atoms with Gasteiger partial charge in [-0.15, -0.1) is 0 Å². The molecule has 6 nitrogen and oxygen atoms in total. The highest BCUT2D eigenvalue weighted by Crippen LogP contribution is 2.35. The maximum atomic E-state index is 13.1. The largest absolute Gasteiger partial charge is 0.418 e. The Labute approximate surface area is 177 Å². The number of rotatable bonds is 5. The van der Waals surface area contributed by atoms with Crippen LogP contribution in [0.3, 0.4) is 0 Å². The first-order valence-electron chi connectivity index (χ1n) is 9.64. The van der Waals surface area contributed by atoms with Crippen molar-refractivity contribution in [3.63, 3.8) is 0 Å². The average Bonchev–Trinajstić information content (AvgIpc) is 2.91. The lowest BCUT2D eigenvalue weighted by Crippen LogP contribution is -2.42. The van der Waals surface area contributed by atoms with E-state index in [0.717, 1.165) is 17.7 Å². The number of hydrogen-bond donors (Lipinski definition) is 2. The van der Waals surface area contributed by atoms with Gasteiger partial charge in [-0.3, -0.25) is 14.5 Å².